The van der Waals surface area contributed by atoms with E-state index >= 15 is 0 Å². The van der Waals surface area contributed by atoms with Crippen LogP contribution in [0.2, 0.25) is 0 Å². The van der Waals surface area contributed by atoms with Gasteiger partial charge in [-0.15, -0.1) is 0 Å². The summed E-state index contributed by atoms with van der Waals surface area (Å²) in [6, 6.07) is 5.19. The van der Waals surface area contributed by atoms with E-state index in [4.69, 9.17) is 13.3 Å². The topological polar surface area (TPSA) is 27.7 Å². The molecule has 1 unspecified atom stereocenters. The quantitative estimate of drug-likeness (QED) is 0.725. The van der Waals surface area contributed by atoms with Crippen LogP contribution in [0.25, 0.3) is 0 Å². The highest BCUT2D eigenvalue weighted by Gasteiger charge is 2.29. The van der Waals surface area contributed by atoms with Gasteiger partial charge in [0.05, 0.1) is 5.56 Å². The Labute approximate surface area is 118 Å². The summed E-state index contributed by atoms with van der Waals surface area (Å²) in [5.41, 5.74) is 0.221. The van der Waals surface area contributed by atoms with Gasteiger partial charge in [-0.1, -0.05) is 12.1 Å². The number of benzene rings is 1. The van der Waals surface area contributed by atoms with Gasteiger partial charge in [0.25, 0.3) is 0 Å². The van der Waals surface area contributed by atoms with Crippen molar-refractivity contribution in [3.05, 3.63) is 35.4 Å². The molecule has 0 radical (unpaired) electrons. The van der Waals surface area contributed by atoms with Crippen molar-refractivity contribution in [3.8, 4) is 0 Å². The number of rotatable bonds is 7. The molecule has 1 atom stereocenters. The Balaban J connectivity index is 2.46. The van der Waals surface area contributed by atoms with Crippen molar-refractivity contribution in [2.75, 3.05) is 14.2 Å². The molecule has 7 heteroatoms. The van der Waals surface area contributed by atoms with Crippen LogP contribution in [0.15, 0.2) is 24.3 Å². The molecule has 0 saturated carbocycles. The van der Waals surface area contributed by atoms with Gasteiger partial charge in [-0.3, -0.25) is 0 Å². The summed E-state index contributed by atoms with van der Waals surface area (Å²) >= 11 is 0. The molecule has 0 fully saturated rings. The molecule has 1 rings (SSSR count). The zero-order chi connectivity index (χ0) is 15.2. The molecule has 0 aromatic heterocycles. The Kier molecular flexibility index (Phi) is 6.67. The highest BCUT2D eigenvalue weighted by molar-refractivity contribution is 6.36. The molecule has 0 N–H and O–H groups in total. The van der Waals surface area contributed by atoms with E-state index in [0.29, 0.717) is 12.8 Å². The molecule has 114 valence electrons. The van der Waals surface area contributed by atoms with Crippen molar-refractivity contribution < 1.29 is 26.4 Å². The summed E-state index contributed by atoms with van der Waals surface area (Å²) in [5, 5.41) is 0. The molecule has 0 amide bonds. The van der Waals surface area contributed by atoms with Crippen LogP contribution in [0, 0.1) is 0 Å². The van der Waals surface area contributed by atoms with E-state index in [1.165, 1.54) is 26.4 Å². The molecule has 20 heavy (non-hydrogen) atoms. The Bertz CT molecular complexity index is 391. The smallest absolute Gasteiger partial charge is 0.379 e. The molecule has 3 nitrogen and oxygen atoms in total. The van der Waals surface area contributed by atoms with Crippen LogP contribution in [0.5, 0.6) is 0 Å². The minimum absolute atomic E-state index is 0.0612. The van der Waals surface area contributed by atoms with E-state index in [1.807, 2.05) is 6.92 Å². The number of alkyl halides is 3. The van der Waals surface area contributed by atoms with E-state index in [0.717, 1.165) is 17.7 Å². The molecule has 0 spiro atoms. The fourth-order valence-electron chi connectivity index (χ4n) is 1.70. The lowest BCUT2D eigenvalue weighted by atomic mass is 10.1. The SMILES string of the molecule is CO[SiH](OC)OC(C)CCc1ccc(C(F)(F)F)cc1. The number of hydrogen-bond donors (Lipinski definition) is 0. The molecular formula is C13H19F3O3Si. The first-order valence-corrected chi connectivity index (χ1v) is 7.65. The average molecular weight is 308 g/mol. The molecule has 0 saturated heterocycles. The van der Waals surface area contributed by atoms with Gasteiger partial charge in [-0.25, -0.2) is 0 Å². The van der Waals surface area contributed by atoms with Gasteiger partial charge in [0.2, 0.25) is 0 Å². The Morgan fingerprint density at radius 2 is 1.65 bits per heavy atom. The zero-order valence-corrected chi connectivity index (χ0v) is 12.9. The van der Waals surface area contributed by atoms with E-state index in [1.54, 1.807) is 0 Å². The number of aryl methyl sites for hydroxylation is 1. The normalized spacial score (nSPS) is 13.8. The second kappa shape index (κ2) is 7.77. The first-order chi connectivity index (χ1) is 9.36. The second-order valence-electron chi connectivity index (χ2n) is 4.44. The molecule has 0 aliphatic heterocycles. The van der Waals surface area contributed by atoms with Crippen molar-refractivity contribution in [1.82, 2.24) is 0 Å². The summed E-state index contributed by atoms with van der Waals surface area (Å²) in [6.07, 6.45) is -3.01. The van der Waals surface area contributed by atoms with Crippen LogP contribution in [0.1, 0.15) is 24.5 Å². The van der Waals surface area contributed by atoms with Crippen molar-refractivity contribution in [3.63, 3.8) is 0 Å². The van der Waals surface area contributed by atoms with Crippen molar-refractivity contribution >= 4 is 9.53 Å². The molecule has 1 aromatic rings. The molecule has 0 aliphatic carbocycles. The van der Waals surface area contributed by atoms with E-state index < -0.39 is 21.3 Å². The van der Waals surface area contributed by atoms with Crippen LogP contribution in [0.4, 0.5) is 13.2 Å². The lowest BCUT2D eigenvalue weighted by Gasteiger charge is -2.18. The van der Waals surface area contributed by atoms with Gasteiger partial charge in [-0.2, -0.15) is 13.2 Å². The fourth-order valence-corrected chi connectivity index (χ4v) is 2.63. The Morgan fingerprint density at radius 1 is 1.10 bits per heavy atom. The minimum Gasteiger partial charge on any atom is -0.379 e. The van der Waals surface area contributed by atoms with Crippen molar-refractivity contribution in [1.29, 1.82) is 0 Å². The standard InChI is InChI=1S/C13H19F3O3Si/c1-10(19-20(17-2)18-3)4-5-11-6-8-12(9-7-11)13(14,15)16/h6-10,20H,4-5H2,1-3H3. The third kappa shape index (κ3) is 5.62. The van der Waals surface area contributed by atoms with Gasteiger partial charge in [0.15, 0.2) is 0 Å². The summed E-state index contributed by atoms with van der Waals surface area (Å²) < 4.78 is 52.9. The molecule has 0 aliphatic rings. The van der Waals surface area contributed by atoms with E-state index in [-0.39, 0.29) is 6.10 Å². The third-order valence-electron chi connectivity index (χ3n) is 2.85. The van der Waals surface area contributed by atoms with Crippen LogP contribution >= 0.6 is 0 Å². The largest absolute Gasteiger partial charge is 0.483 e. The maximum atomic E-state index is 12.4. The summed E-state index contributed by atoms with van der Waals surface area (Å²) in [5.74, 6) is 0. The Hall–Kier alpha value is -0.893. The van der Waals surface area contributed by atoms with Crippen molar-refractivity contribution in [2.24, 2.45) is 0 Å². The average Bonchev–Trinajstić information content (AvgIpc) is 2.42. The first kappa shape index (κ1) is 17.2. The molecular weight excluding hydrogens is 289 g/mol. The van der Waals surface area contributed by atoms with Crippen LogP contribution in [-0.4, -0.2) is 29.9 Å². The molecule has 1 aromatic carbocycles. The van der Waals surface area contributed by atoms with E-state index in [9.17, 15) is 13.2 Å². The predicted octanol–water partition coefficient (Wildman–Crippen LogP) is 3.05. The minimum atomic E-state index is -4.29. The monoisotopic (exact) mass is 308 g/mol. The highest BCUT2D eigenvalue weighted by Crippen LogP contribution is 2.29. The summed E-state index contributed by atoms with van der Waals surface area (Å²) in [6.45, 7) is 1.89. The van der Waals surface area contributed by atoms with Crippen LogP contribution in [0.3, 0.4) is 0 Å². The zero-order valence-electron chi connectivity index (χ0n) is 11.7. The molecule has 0 heterocycles. The van der Waals surface area contributed by atoms with Gasteiger partial charge >= 0.3 is 15.7 Å². The van der Waals surface area contributed by atoms with E-state index in [2.05, 4.69) is 0 Å². The van der Waals surface area contributed by atoms with Crippen molar-refractivity contribution in [2.45, 2.75) is 32.0 Å². The lowest BCUT2D eigenvalue weighted by molar-refractivity contribution is -0.137. The fraction of sp³-hybridized carbons (Fsp3) is 0.538. The summed E-state index contributed by atoms with van der Waals surface area (Å²) in [4.78, 5) is 0. The lowest BCUT2D eigenvalue weighted by Crippen LogP contribution is -2.28. The summed E-state index contributed by atoms with van der Waals surface area (Å²) in [7, 11) is 1.01. The predicted molar refractivity (Wildman–Crippen MR) is 71.5 cm³/mol. The van der Waals surface area contributed by atoms with Gasteiger partial charge < -0.3 is 13.3 Å². The number of hydrogen-bond acceptors (Lipinski definition) is 3. The van der Waals surface area contributed by atoms with Gasteiger partial charge in [-0.05, 0) is 37.5 Å². The van der Waals surface area contributed by atoms with Crippen LogP contribution in [-0.2, 0) is 25.9 Å². The maximum Gasteiger partial charge on any atom is 0.483 e. The van der Waals surface area contributed by atoms with Gasteiger partial charge in [0.1, 0.15) is 0 Å². The number of halogens is 3. The Morgan fingerprint density at radius 3 is 2.10 bits per heavy atom. The van der Waals surface area contributed by atoms with Gasteiger partial charge in [0, 0.05) is 20.3 Å². The maximum absolute atomic E-state index is 12.4. The third-order valence-corrected chi connectivity index (χ3v) is 4.31. The highest BCUT2D eigenvalue weighted by atomic mass is 28.3. The first-order valence-electron chi connectivity index (χ1n) is 6.24. The molecule has 0 bridgehead atoms. The second-order valence-corrected chi connectivity index (χ2v) is 6.23. The van der Waals surface area contributed by atoms with Crippen LogP contribution < -0.4 is 0 Å².